The number of allylic oxidation sites excluding steroid dienone is 2. The Kier molecular flexibility index (Phi) is 7.28. The molecule has 2 bridgehead atoms. The minimum absolute atomic E-state index is 0.108. The molecule has 0 aromatic rings. The van der Waals surface area contributed by atoms with Crippen LogP contribution in [0.4, 0.5) is 0 Å². The van der Waals surface area contributed by atoms with Crippen molar-refractivity contribution in [2.75, 3.05) is 13.2 Å². The van der Waals surface area contributed by atoms with Crippen molar-refractivity contribution in [2.24, 2.45) is 5.41 Å². The first kappa shape index (κ1) is 18.2. The standard InChI is InChI=1S/C19H30O4/c20-14-19-12-16(17(21)13-19)10-8-6-4-2-1-3-5-7-9-11-18(22)23-15-19/h10,20H,1-9,11-15H2/b16-10+. The number of esters is 1. The Labute approximate surface area is 139 Å². The Balaban J connectivity index is 1.98. The summed E-state index contributed by atoms with van der Waals surface area (Å²) in [5, 5.41) is 9.73. The first-order chi connectivity index (χ1) is 11.2. The van der Waals surface area contributed by atoms with Crippen molar-refractivity contribution in [3.8, 4) is 0 Å². The smallest absolute Gasteiger partial charge is 0.305 e. The van der Waals surface area contributed by atoms with Crippen LogP contribution in [0.25, 0.3) is 0 Å². The van der Waals surface area contributed by atoms with E-state index in [1.165, 1.54) is 32.1 Å². The minimum atomic E-state index is -0.591. The van der Waals surface area contributed by atoms with Crippen molar-refractivity contribution < 1.29 is 19.4 Å². The molecule has 23 heavy (non-hydrogen) atoms. The van der Waals surface area contributed by atoms with Crippen molar-refractivity contribution in [1.82, 2.24) is 0 Å². The van der Waals surface area contributed by atoms with Gasteiger partial charge in [-0.25, -0.2) is 0 Å². The molecule has 0 radical (unpaired) electrons. The molecular weight excluding hydrogens is 292 g/mol. The molecule has 1 aliphatic carbocycles. The number of Topliss-reactive ketones (excluding diaryl/α,β-unsaturated/α-hetero) is 1. The minimum Gasteiger partial charge on any atom is -0.465 e. The topological polar surface area (TPSA) is 63.6 Å². The first-order valence-electron chi connectivity index (χ1n) is 9.14. The third-order valence-electron chi connectivity index (χ3n) is 5.06. The molecule has 1 atom stereocenters. The van der Waals surface area contributed by atoms with Gasteiger partial charge in [-0.2, -0.15) is 0 Å². The van der Waals surface area contributed by atoms with Crippen LogP contribution in [0.2, 0.25) is 0 Å². The quantitative estimate of drug-likeness (QED) is 0.747. The summed E-state index contributed by atoms with van der Waals surface area (Å²) in [4.78, 5) is 24.0. The maximum Gasteiger partial charge on any atom is 0.305 e. The van der Waals surface area contributed by atoms with Crippen LogP contribution >= 0.6 is 0 Å². The van der Waals surface area contributed by atoms with E-state index in [0.717, 1.165) is 31.3 Å². The van der Waals surface area contributed by atoms with Crippen LogP contribution in [0.1, 0.15) is 77.0 Å². The second-order valence-corrected chi connectivity index (χ2v) is 7.19. The highest BCUT2D eigenvalue weighted by atomic mass is 16.5. The molecule has 1 saturated carbocycles. The molecule has 0 spiro atoms. The maximum atomic E-state index is 12.2. The Hall–Kier alpha value is -1.16. The van der Waals surface area contributed by atoms with Crippen LogP contribution < -0.4 is 0 Å². The summed E-state index contributed by atoms with van der Waals surface area (Å²) < 4.78 is 5.36. The van der Waals surface area contributed by atoms with E-state index >= 15 is 0 Å². The third-order valence-corrected chi connectivity index (χ3v) is 5.06. The van der Waals surface area contributed by atoms with Crippen molar-refractivity contribution in [1.29, 1.82) is 0 Å². The molecule has 4 heteroatoms. The number of hydrogen-bond acceptors (Lipinski definition) is 4. The maximum absolute atomic E-state index is 12.2. The van der Waals surface area contributed by atoms with Gasteiger partial charge in [0.15, 0.2) is 5.78 Å². The van der Waals surface area contributed by atoms with Crippen LogP contribution in [0.15, 0.2) is 11.6 Å². The van der Waals surface area contributed by atoms with E-state index in [2.05, 4.69) is 0 Å². The van der Waals surface area contributed by atoms with E-state index in [0.29, 0.717) is 19.3 Å². The third kappa shape index (κ3) is 5.76. The fraction of sp³-hybridized carbons (Fsp3) is 0.789. The van der Waals surface area contributed by atoms with Crippen LogP contribution in [0.5, 0.6) is 0 Å². The number of fused-ring (bicyclic) bond motifs is 2. The van der Waals surface area contributed by atoms with Gasteiger partial charge >= 0.3 is 5.97 Å². The van der Waals surface area contributed by atoms with Gasteiger partial charge < -0.3 is 9.84 Å². The fourth-order valence-corrected chi connectivity index (χ4v) is 3.52. The Morgan fingerprint density at radius 2 is 1.61 bits per heavy atom. The van der Waals surface area contributed by atoms with E-state index in [1.807, 2.05) is 6.08 Å². The normalized spacial score (nSPS) is 31.1. The summed E-state index contributed by atoms with van der Waals surface area (Å²) in [5.41, 5.74) is 0.228. The zero-order chi connectivity index (χ0) is 16.5. The second kappa shape index (κ2) is 9.21. The zero-order valence-electron chi connectivity index (χ0n) is 14.1. The van der Waals surface area contributed by atoms with Gasteiger partial charge in [0.05, 0.1) is 13.2 Å². The summed E-state index contributed by atoms with van der Waals surface area (Å²) in [6, 6.07) is 0. The highest BCUT2D eigenvalue weighted by Crippen LogP contribution is 2.39. The van der Waals surface area contributed by atoms with E-state index < -0.39 is 5.41 Å². The highest BCUT2D eigenvalue weighted by Gasteiger charge is 2.42. The average molecular weight is 322 g/mol. The van der Waals surface area contributed by atoms with E-state index in [-0.39, 0.29) is 25.0 Å². The fourth-order valence-electron chi connectivity index (χ4n) is 3.52. The number of cyclic esters (lactones) is 1. The Bertz CT molecular complexity index is 441. The van der Waals surface area contributed by atoms with E-state index in [9.17, 15) is 14.7 Å². The van der Waals surface area contributed by atoms with Gasteiger partial charge in [0.25, 0.3) is 0 Å². The Morgan fingerprint density at radius 3 is 2.30 bits per heavy atom. The molecule has 4 nitrogen and oxygen atoms in total. The SMILES string of the molecule is O=C1CCCCCCCCCC/C=C2\CC(CO)(CO1)CC2=O. The lowest BCUT2D eigenvalue weighted by atomic mass is 9.88. The monoisotopic (exact) mass is 322 g/mol. The lowest BCUT2D eigenvalue weighted by Crippen LogP contribution is -2.30. The van der Waals surface area contributed by atoms with Crippen LogP contribution in [0.3, 0.4) is 0 Å². The zero-order valence-corrected chi connectivity index (χ0v) is 14.1. The van der Waals surface area contributed by atoms with Gasteiger partial charge in [0, 0.05) is 18.3 Å². The predicted molar refractivity (Wildman–Crippen MR) is 89.0 cm³/mol. The van der Waals surface area contributed by atoms with Gasteiger partial charge in [0.1, 0.15) is 0 Å². The van der Waals surface area contributed by atoms with Gasteiger partial charge in [-0.15, -0.1) is 0 Å². The number of hydrogen-bond donors (Lipinski definition) is 1. The molecule has 0 amide bonds. The average Bonchev–Trinajstić information content (AvgIpc) is 2.87. The van der Waals surface area contributed by atoms with Gasteiger partial charge in [-0.1, -0.05) is 44.6 Å². The molecule has 2 rings (SSSR count). The second-order valence-electron chi connectivity index (χ2n) is 7.19. The van der Waals surface area contributed by atoms with E-state index in [1.54, 1.807) is 0 Å². The number of carbonyl (C=O) groups is 2. The summed E-state index contributed by atoms with van der Waals surface area (Å²) in [5.74, 6) is -0.0942. The summed E-state index contributed by atoms with van der Waals surface area (Å²) in [6.45, 7) is 0.0504. The molecule has 1 unspecified atom stereocenters. The Morgan fingerprint density at radius 1 is 0.957 bits per heavy atom. The van der Waals surface area contributed by atoms with Gasteiger partial charge in [0.2, 0.25) is 0 Å². The van der Waals surface area contributed by atoms with Crippen molar-refractivity contribution in [2.45, 2.75) is 77.0 Å². The molecular formula is C19H30O4. The first-order valence-corrected chi connectivity index (χ1v) is 9.14. The molecule has 1 heterocycles. The number of carbonyl (C=O) groups excluding carboxylic acids is 2. The summed E-state index contributed by atoms with van der Waals surface area (Å²) in [7, 11) is 0. The number of aliphatic hydroxyl groups is 1. The van der Waals surface area contributed by atoms with Gasteiger partial charge in [-0.05, 0) is 31.3 Å². The van der Waals surface area contributed by atoms with Crippen molar-refractivity contribution >= 4 is 11.8 Å². The molecule has 2 aliphatic rings. The largest absolute Gasteiger partial charge is 0.465 e. The highest BCUT2D eigenvalue weighted by molar-refractivity contribution is 5.98. The molecule has 1 aliphatic heterocycles. The van der Waals surface area contributed by atoms with Gasteiger partial charge in [-0.3, -0.25) is 9.59 Å². The lowest BCUT2D eigenvalue weighted by molar-refractivity contribution is -0.148. The molecule has 1 N–H and O–H groups in total. The summed E-state index contributed by atoms with van der Waals surface area (Å²) in [6.07, 6.45) is 13.5. The number of ketones is 1. The lowest BCUT2D eigenvalue weighted by Gasteiger charge is -2.24. The predicted octanol–water partition coefficient (Wildman–Crippen LogP) is 3.71. The number of rotatable bonds is 1. The molecule has 0 aromatic heterocycles. The summed E-state index contributed by atoms with van der Waals surface area (Å²) >= 11 is 0. The van der Waals surface area contributed by atoms with Crippen LogP contribution in [0, 0.1) is 5.41 Å². The van der Waals surface area contributed by atoms with Crippen molar-refractivity contribution in [3.05, 3.63) is 11.6 Å². The van der Waals surface area contributed by atoms with Crippen LogP contribution in [-0.4, -0.2) is 30.1 Å². The number of aliphatic hydroxyl groups excluding tert-OH is 1. The molecule has 130 valence electrons. The molecule has 0 saturated heterocycles. The van der Waals surface area contributed by atoms with Crippen molar-refractivity contribution in [3.63, 3.8) is 0 Å². The van der Waals surface area contributed by atoms with E-state index in [4.69, 9.17) is 4.74 Å². The number of ether oxygens (including phenoxy) is 1. The molecule has 0 aromatic carbocycles. The molecule has 1 fully saturated rings. The van der Waals surface area contributed by atoms with Crippen LogP contribution in [-0.2, 0) is 14.3 Å².